The summed E-state index contributed by atoms with van der Waals surface area (Å²) in [5.74, 6) is 0.820. The van der Waals surface area contributed by atoms with Gasteiger partial charge >= 0.3 is 0 Å². The van der Waals surface area contributed by atoms with Crippen molar-refractivity contribution < 1.29 is 9.53 Å². The average Bonchev–Trinajstić information content (AvgIpc) is 2.61. The van der Waals surface area contributed by atoms with Crippen molar-refractivity contribution in [2.75, 3.05) is 25.5 Å². The van der Waals surface area contributed by atoms with Crippen molar-refractivity contribution in [2.24, 2.45) is 10.7 Å². The predicted octanol–water partition coefficient (Wildman–Crippen LogP) is 1.18. The molecule has 0 atom stereocenters. The Morgan fingerprint density at radius 2 is 2.08 bits per heavy atom. The van der Waals surface area contributed by atoms with Crippen LogP contribution in [0.4, 0.5) is 5.69 Å². The summed E-state index contributed by atoms with van der Waals surface area (Å²) in [6.07, 6.45) is 4.00. The van der Waals surface area contributed by atoms with Gasteiger partial charge < -0.3 is 21.1 Å². The lowest BCUT2D eigenvalue weighted by Crippen LogP contribution is -2.34. The standard InChI is InChI=1S/C17H21N5O2/c1-24-15-6-4-13(5-7-15)8-10-20-17(18)21-12-16(23)22-14-3-2-9-19-11-14/h2-7,9,11H,8,10,12H2,1H3,(H,22,23)(H3,18,20,21). The van der Waals surface area contributed by atoms with E-state index in [0.717, 1.165) is 17.7 Å². The monoisotopic (exact) mass is 327 g/mol. The number of anilines is 1. The van der Waals surface area contributed by atoms with Gasteiger partial charge in [-0.1, -0.05) is 12.1 Å². The number of hydrogen-bond donors (Lipinski definition) is 3. The van der Waals surface area contributed by atoms with E-state index in [1.807, 2.05) is 24.3 Å². The molecule has 24 heavy (non-hydrogen) atoms. The first-order valence-electron chi connectivity index (χ1n) is 7.54. The van der Waals surface area contributed by atoms with E-state index in [0.29, 0.717) is 12.2 Å². The van der Waals surface area contributed by atoms with Crippen LogP contribution in [-0.4, -0.2) is 37.1 Å². The van der Waals surface area contributed by atoms with Gasteiger partial charge in [0.15, 0.2) is 5.96 Å². The summed E-state index contributed by atoms with van der Waals surface area (Å²) < 4.78 is 5.11. The van der Waals surface area contributed by atoms with E-state index in [2.05, 4.69) is 20.6 Å². The predicted molar refractivity (Wildman–Crippen MR) is 94.1 cm³/mol. The van der Waals surface area contributed by atoms with Crippen molar-refractivity contribution >= 4 is 17.6 Å². The summed E-state index contributed by atoms with van der Waals surface area (Å²) in [6, 6.07) is 11.3. The first kappa shape index (κ1) is 17.3. The molecule has 0 spiro atoms. The van der Waals surface area contributed by atoms with E-state index in [9.17, 15) is 4.79 Å². The van der Waals surface area contributed by atoms with Gasteiger partial charge in [-0.05, 0) is 36.2 Å². The maximum absolute atomic E-state index is 11.7. The molecular weight excluding hydrogens is 306 g/mol. The quantitative estimate of drug-likeness (QED) is 0.523. The number of carbonyl (C=O) groups excluding carboxylic acids is 1. The molecule has 7 heteroatoms. The number of methoxy groups -OCH3 is 1. The summed E-state index contributed by atoms with van der Waals surface area (Å²) in [4.78, 5) is 19.7. The number of benzene rings is 1. The topological polar surface area (TPSA) is 102 Å². The van der Waals surface area contributed by atoms with Crippen molar-refractivity contribution in [3.8, 4) is 5.75 Å². The van der Waals surface area contributed by atoms with Crippen LogP contribution < -0.4 is 21.1 Å². The lowest BCUT2D eigenvalue weighted by Gasteiger charge is -2.07. The number of pyridine rings is 1. The van der Waals surface area contributed by atoms with E-state index < -0.39 is 0 Å². The van der Waals surface area contributed by atoms with E-state index in [4.69, 9.17) is 10.5 Å². The zero-order valence-corrected chi connectivity index (χ0v) is 13.5. The Labute approximate surface area is 141 Å². The Hall–Kier alpha value is -3.09. The van der Waals surface area contributed by atoms with Crippen LogP contribution >= 0.6 is 0 Å². The largest absolute Gasteiger partial charge is 0.497 e. The fourth-order valence-electron chi connectivity index (χ4n) is 1.98. The number of hydrogen-bond acceptors (Lipinski definition) is 4. The third kappa shape index (κ3) is 5.96. The zero-order chi connectivity index (χ0) is 17.2. The number of nitrogens with zero attached hydrogens (tertiary/aromatic N) is 2. The maximum atomic E-state index is 11.7. The molecule has 0 saturated carbocycles. The van der Waals surface area contributed by atoms with Crippen LogP contribution in [-0.2, 0) is 11.2 Å². The van der Waals surface area contributed by atoms with Crippen molar-refractivity contribution in [3.63, 3.8) is 0 Å². The molecule has 0 aliphatic rings. The number of aromatic nitrogens is 1. The van der Waals surface area contributed by atoms with Gasteiger partial charge in [0.1, 0.15) is 12.3 Å². The zero-order valence-electron chi connectivity index (χ0n) is 13.5. The minimum absolute atomic E-state index is 0.0454. The van der Waals surface area contributed by atoms with Crippen LogP contribution in [0.25, 0.3) is 0 Å². The molecule has 2 aromatic rings. The van der Waals surface area contributed by atoms with Gasteiger partial charge in [-0.15, -0.1) is 0 Å². The molecule has 0 bridgehead atoms. The molecular formula is C17H21N5O2. The number of rotatable bonds is 7. The molecule has 1 aromatic heterocycles. The summed E-state index contributed by atoms with van der Waals surface area (Å²) >= 11 is 0. The van der Waals surface area contributed by atoms with Gasteiger partial charge in [0, 0.05) is 12.7 Å². The number of carbonyl (C=O) groups is 1. The van der Waals surface area contributed by atoms with Crippen molar-refractivity contribution in [2.45, 2.75) is 6.42 Å². The van der Waals surface area contributed by atoms with E-state index in [1.54, 1.807) is 31.6 Å². The SMILES string of the molecule is COc1ccc(CCNC(N)=NCC(=O)Nc2cccnc2)cc1. The first-order chi connectivity index (χ1) is 11.7. The second-order valence-corrected chi connectivity index (χ2v) is 5.02. The number of amides is 1. The highest BCUT2D eigenvalue weighted by atomic mass is 16.5. The van der Waals surface area contributed by atoms with Gasteiger partial charge in [0.2, 0.25) is 5.91 Å². The molecule has 0 unspecified atom stereocenters. The molecule has 0 aliphatic carbocycles. The molecule has 1 amide bonds. The fourth-order valence-corrected chi connectivity index (χ4v) is 1.98. The molecule has 2 rings (SSSR count). The average molecular weight is 327 g/mol. The van der Waals surface area contributed by atoms with Crippen molar-refractivity contribution in [1.82, 2.24) is 10.3 Å². The highest BCUT2D eigenvalue weighted by molar-refractivity contribution is 5.93. The van der Waals surface area contributed by atoms with E-state index in [1.165, 1.54) is 0 Å². The minimum Gasteiger partial charge on any atom is -0.497 e. The molecule has 4 N–H and O–H groups in total. The maximum Gasteiger partial charge on any atom is 0.246 e. The fraction of sp³-hybridized carbons (Fsp3) is 0.235. The van der Waals surface area contributed by atoms with E-state index >= 15 is 0 Å². The van der Waals surface area contributed by atoms with Crippen molar-refractivity contribution in [1.29, 1.82) is 0 Å². The lowest BCUT2D eigenvalue weighted by atomic mass is 10.1. The van der Waals surface area contributed by atoms with Crippen LogP contribution in [0.3, 0.4) is 0 Å². The lowest BCUT2D eigenvalue weighted by molar-refractivity contribution is -0.114. The molecule has 7 nitrogen and oxygen atoms in total. The second kappa shape index (κ2) is 9.14. The summed E-state index contributed by atoms with van der Waals surface area (Å²) in [7, 11) is 1.64. The van der Waals surface area contributed by atoms with Gasteiger partial charge in [-0.2, -0.15) is 0 Å². The Morgan fingerprint density at radius 3 is 2.75 bits per heavy atom. The smallest absolute Gasteiger partial charge is 0.246 e. The number of aliphatic imine (C=N–C) groups is 1. The van der Waals surface area contributed by atoms with Crippen LogP contribution in [0.1, 0.15) is 5.56 Å². The number of nitrogens with two attached hydrogens (primary N) is 1. The number of ether oxygens (including phenoxy) is 1. The highest BCUT2D eigenvalue weighted by Gasteiger charge is 2.01. The molecule has 0 radical (unpaired) electrons. The third-order valence-electron chi connectivity index (χ3n) is 3.22. The number of guanidine groups is 1. The third-order valence-corrected chi connectivity index (χ3v) is 3.22. The Balaban J connectivity index is 1.70. The summed E-state index contributed by atoms with van der Waals surface area (Å²) in [5, 5.41) is 5.67. The summed E-state index contributed by atoms with van der Waals surface area (Å²) in [6.45, 7) is 0.585. The number of nitrogens with one attached hydrogen (secondary N) is 2. The van der Waals surface area contributed by atoms with Gasteiger partial charge in [0.25, 0.3) is 0 Å². The minimum atomic E-state index is -0.247. The van der Waals surface area contributed by atoms with Crippen molar-refractivity contribution in [3.05, 3.63) is 54.4 Å². The molecule has 0 fully saturated rings. The van der Waals surface area contributed by atoms with Gasteiger partial charge in [0.05, 0.1) is 19.0 Å². The Bertz CT molecular complexity index is 671. The highest BCUT2D eigenvalue weighted by Crippen LogP contribution is 2.11. The molecule has 1 aromatic carbocycles. The van der Waals surface area contributed by atoms with E-state index in [-0.39, 0.29) is 18.4 Å². The molecule has 0 aliphatic heterocycles. The van der Waals surface area contributed by atoms with Crippen LogP contribution in [0.2, 0.25) is 0 Å². The molecule has 126 valence electrons. The van der Waals surface area contributed by atoms with Gasteiger partial charge in [-0.3, -0.25) is 9.78 Å². The molecule has 0 saturated heterocycles. The second-order valence-electron chi connectivity index (χ2n) is 5.02. The van der Waals surface area contributed by atoms with Crippen LogP contribution in [0, 0.1) is 0 Å². The Morgan fingerprint density at radius 1 is 1.29 bits per heavy atom. The Kier molecular flexibility index (Phi) is 6.58. The van der Waals surface area contributed by atoms with Crippen LogP contribution in [0.15, 0.2) is 53.8 Å². The normalized spacial score (nSPS) is 11.0. The molecule has 1 heterocycles. The van der Waals surface area contributed by atoms with Crippen LogP contribution in [0.5, 0.6) is 5.75 Å². The first-order valence-corrected chi connectivity index (χ1v) is 7.54. The summed E-state index contributed by atoms with van der Waals surface area (Å²) in [5.41, 5.74) is 7.54. The van der Waals surface area contributed by atoms with Gasteiger partial charge in [-0.25, -0.2) is 4.99 Å².